The normalized spacial score (nSPS) is 25.5. The summed E-state index contributed by atoms with van der Waals surface area (Å²) < 4.78 is 14.9. The minimum absolute atomic E-state index is 0.0184. The fraction of sp³-hybridized carbons (Fsp3) is 0.400. The van der Waals surface area contributed by atoms with E-state index < -0.39 is 5.79 Å². The van der Waals surface area contributed by atoms with Crippen molar-refractivity contribution in [2.75, 3.05) is 11.5 Å². The number of pyridine rings is 1. The van der Waals surface area contributed by atoms with Gasteiger partial charge in [0.25, 0.3) is 0 Å². The highest BCUT2D eigenvalue weighted by atomic mass is 35.5. The Labute approximate surface area is 212 Å². The van der Waals surface area contributed by atoms with Gasteiger partial charge in [-0.25, -0.2) is 9.97 Å². The topological polar surface area (TPSA) is 114 Å². The van der Waals surface area contributed by atoms with Crippen molar-refractivity contribution in [3.8, 4) is 0 Å². The van der Waals surface area contributed by atoms with Gasteiger partial charge in [-0.3, -0.25) is 0 Å². The number of nitrogens with zero attached hydrogens (tertiary/aromatic N) is 4. The van der Waals surface area contributed by atoms with Crippen LogP contribution in [0.1, 0.15) is 38.3 Å². The van der Waals surface area contributed by atoms with E-state index in [1.165, 1.54) is 5.56 Å². The average molecular weight is 513 g/mol. The molecule has 4 heterocycles. The lowest BCUT2D eigenvalue weighted by Gasteiger charge is -2.24. The van der Waals surface area contributed by atoms with E-state index >= 15 is 0 Å². The van der Waals surface area contributed by atoms with Gasteiger partial charge in [-0.05, 0) is 74.4 Å². The van der Waals surface area contributed by atoms with E-state index in [0.717, 1.165) is 41.2 Å². The summed E-state index contributed by atoms with van der Waals surface area (Å²) in [5.74, 6) is 0.378. The molecule has 0 unspecified atom stereocenters. The number of nitrogens with two attached hydrogens (primary N) is 2. The highest BCUT2D eigenvalue weighted by molar-refractivity contribution is 6.33. The van der Waals surface area contributed by atoms with Gasteiger partial charge in [0.05, 0.1) is 28.1 Å². The van der Waals surface area contributed by atoms with Gasteiger partial charge >= 0.3 is 0 Å². The lowest BCUT2D eigenvalue weighted by molar-refractivity contribution is -0.160. The molecule has 182 valence electrons. The van der Waals surface area contributed by atoms with Crippen LogP contribution in [0.2, 0.25) is 10.3 Å². The first-order valence-electron chi connectivity index (χ1n) is 11.7. The van der Waals surface area contributed by atoms with Crippen molar-refractivity contribution in [2.24, 2.45) is 5.92 Å². The van der Waals surface area contributed by atoms with E-state index in [0.29, 0.717) is 22.6 Å². The summed E-state index contributed by atoms with van der Waals surface area (Å²) in [6.07, 6.45) is 4.61. The summed E-state index contributed by atoms with van der Waals surface area (Å²) in [6.45, 7) is 3.93. The zero-order valence-corrected chi connectivity index (χ0v) is 20.9. The van der Waals surface area contributed by atoms with E-state index in [1.54, 1.807) is 0 Å². The molecule has 0 spiro atoms. The largest absolute Gasteiger partial charge is 0.383 e. The van der Waals surface area contributed by atoms with Gasteiger partial charge < -0.3 is 25.5 Å². The molecule has 1 saturated carbocycles. The molecule has 1 saturated heterocycles. The van der Waals surface area contributed by atoms with Crippen LogP contribution >= 0.6 is 23.2 Å². The molecule has 2 aliphatic rings. The first-order chi connectivity index (χ1) is 16.7. The van der Waals surface area contributed by atoms with Crippen LogP contribution < -0.4 is 11.5 Å². The summed E-state index contributed by atoms with van der Waals surface area (Å²) in [6, 6.07) is 10.1. The Morgan fingerprint density at radius 3 is 2.66 bits per heavy atom. The van der Waals surface area contributed by atoms with E-state index in [4.69, 9.17) is 44.1 Å². The molecule has 10 heteroatoms. The van der Waals surface area contributed by atoms with Crippen LogP contribution in [0, 0.1) is 5.92 Å². The molecule has 4 N–H and O–H groups in total. The van der Waals surface area contributed by atoms with Crippen molar-refractivity contribution < 1.29 is 9.47 Å². The molecule has 1 aromatic carbocycles. The van der Waals surface area contributed by atoms with Crippen LogP contribution in [0.15, 0.2) is 36.5 Å². The number of hydrogen-bond acceptors (Lipinski definition) is 7. The molecule has 1 aliphatic heterocycles. The number of nitrogen functional groups attached to an aromatic ring is 2. The number of aromatic nitrogens is 4. The summed E-state index contributed by atoms with van der Waals surface area (Å²) in [4.78, 5) is 13.0. The summed E-state index contributed by atoms with van der Waals surface area (Å²) in [5.41, 5.74) is 14.8. The molecule has 1 aliphatic carbocycles. The van der Waals surface area contributed by atoms with Gasteiger partial charge in [-0.2, -0.15) is 4.98 Å². The lowest BCUT2D eigenvalue weighted by Crippen LogP contribution is -2.27. The molecule has 0 radical (unpaired) electrons. The molecular formula is C25H26Cl2N6O2. The molecule has 35 heavy (non-hydrogen) atoms. The first kappa shape index (κ1) is 22.8. The third-order valence-corrected chi connectivity index (χ3v) is 7.62. The van der Waals surface area contributed by atoms with E-state index in [9.17, 15) is 0 Å². The molecule has 0 amide bonds. The van der Waals surface area contributed by atoms with Crippen molar-refractivity contribution in [3.05, 3.63) is 52.4 Å². The zero-order valence-electron chi connectivity index (χ0n) is 19.4. The van der Waals surface area contributed by atoms with Gasteiger partial charge in [-0.1, -0.05) is 23.7 Å². The molecule has 2 fully saturated rings. The molecule has 3 aromatic heterocycles. The van der Waals surface area contributed by atoms with Gasteiger partial charge in [-0.15, -0.1) is 0 Å². The first-order valence-corrected chi connectivity index (χ1v) is 12.4. The van der Waals surface area contributed by atoms with E-state index in [1.807, 2.05) is 38.2 Å². The SMILES string of the molecule is CC1(C)O[C@@H]2[C@@H](CCc3ccc4cc(Cl)c(N)nc4c3)C[C@@H](n3ccc4c(N)nc(Cl)nc43)[C@@H]2O1. The van der Waals surface area contributed by atoms with Crippen LogP contribution in [0.3, 0.4) is 0 Å². The quantitative estimate of drug-likeness (QED) is 0.362. The highest BCUT2D eigenvalue weighted by Gasteiger charge is 2.54. The second-order valence-corrected chi connectivity index (χ2v) is 10.6. The third kappa shape index (κ3) is 3.98. The maximum absolute atomic E-state index is 6.40. The van der Waals surface area contributed by atoms with Crippen molar-refractivity contribution in [3.63, 3.8) is 0 Å². The number of fused-ring (bicyclic) bond motifs is 3. The Balaban J connectivity index is 1.28. The van der Waals surface area contributed by atoms with Crippen molar-refractivity contribution >= 4 is 56.8 Å². The fourth-order valence-electron chi connectivity index (χ4n) is 5.62. The van der Waals surface area contributed by atoms with Gasteiger partial charge in [0, 0.05) is 11.6 Å². The molecule has 6 rings (SSSR count). The Kier molecular flexibility index (Phi) is 5.34. The van der Waals surface area contributed by atoms with E-state index in [-0.39, 0.29) is 23.5 Å². The molecular weight excluding hydrogens is 487 g/mol. The number of rotatable bonds is 4. The van der Waals surface area contributed by atoms with Crippen LogP contribution in [-0.4, -0.2) is 37.5 Å². The molecule has 8 nitrogen and oxygen atoms in total. The smallest absolute Gasteiger partial charge is 0.226 e. The Bertz CT molecular complexity index is 1460. The highest BCUT2D eigenvalue weighted by Crippen LogP contribution is 2.49. The number of ether oxygens (including phenoxy) is 2. The predicted molar refractivity (Wildman–Crippen MR) is 137 cm³/mol. The average Bonchev–Trinajstić information content (AvgIpc) is 3.44. The van der Waals surface area contributed by atoms with Crippen LogP contribution in [0.25, 0.3) is 21.9 Å². The third-order valence-electron chi connectivity index (χ3n) is 7.15. The number of aryl methyl sites for hydroxylation is 1. The molecule has 0 bridgehead atoms. The lowest BCUT2D eigenvalue weighted by atomic mass is 9.95. The minimum atomic E-state index is -0.648. The summed E-state index contributed by atoms with van der Waals surface area (Å²) in [7, 11) is 0. The van der Waals surface area contributed by atoms with Gasteiger partial charge in [0.2, 0.25) is 5.28 Å². The standard InChI is InChI=1S/C25H26Cl2N6O2/c1-25(2)34-19-14(6-4-12-3-5-13-10-16(26)22(29)30-17(13)9-12)11-18(20(19)35-25)33-8-7-15-21(28)31-24(27)32-23(15)33/h3,5,7-10,14,18-20H,4,6,11H2,1-2H3,(H2,29,30)(H2,28,31,32)/t14-,18+,19+,20-/m0/s1. The second-order valence-electron chi connectivity index (χ2n) is 9.89. The summed E-state index contributed by atoms with van der Waals surface area (Å²) in [5, 5.41) is 2.37. The zero-order chi connectivity index (χ0) is 24.5. The van der Waals surface area contributed by atoms with Crippen molar-refractivity contribution in [2.45, 2.75) is 57.1 Å². The van der Waals surface area contributed by atoms with Crippen LogP contribution in [0.5, 0.6) is 0 Å². The summed E-state index contributed by atoms with van der Waals surface area (Å²) >= 11 is 12.3. The number of benzene rings is 1. The van der Waals surface area contributed by atoms with Crippen LogP contribution in [-0.2, 0) is 15.9 Å². The number of halogens is 2. The van der Waals surface area contributed by atoms with Gasteiger partial charge in [0.15, 0.2) is 5.79 Å². The number of hydrogen-bond donors (Lipinski definition) is 2. The second kappa shape index (κ2) is 8.20. The molecule has 4 atom stereocenters. The Hall–Kier alpha value is -2.65. The monoisotopic (exact) mass is 512 g/mol. The van der Waals surface area contributed by atoms with Crippen LogP contribution in [0.4, 0.5) is 11.6 Å². The predicted octanol–water partition coefficient (Wildman–Crippen LogP) is 5.16. The Morgan fingerprint density at radius 1 is 1.03 bits per heavy atom. The maximum Gasteiger partial charge on any atom is 0.226 e. The fourth-order valence-corrected chi connectivity index (χ4v) is 5.95. The van der Waals surface area contributed by atoms with Gasteiger partial charge in [0.1, 0.15) is 23.4 Å². The Morgan fingerprint density at radius 2 is 1.83 bits per heavy atom. The van der Waals surface area contributed by atoms with E-state index in [2.05, 4.69) is 31.7 Å². The maximum atomic E-state index is 6.40. The molecule has 4 aromatic rings. The van der Waals surface area contributed by atoms with Crippen molar-refractivity contribution in [1.29, 1.82) is 0 Å². The van der Waals surface area contributed by atoms with Crippen molar-refractivity contribution in [1.82, 2.24) is 19.5 Å². The minimum Gasteiger partial charge on any atom is -0.383 e. The number of anilines is 2.